The number of hydrogen-bond acceptors (Lipinski definition) is 2. The summed E-state index contributed by atoms with van der Waals surface area (Å²) in [5, 5.41) is 15.4. The molecule has 0 spiro atoms. The smallest absolute Gasteiger partial charge is 0.314 e. The first-order chi connectivity index (χ1) is 6.92. The molecule has 1 aliphatic rings. The van der Waals surface area contributed by atoms with Gasteiger partial charge in [0, 0.05) is 13.1 Å². The number of carbonyl (C=O) groups excluding carboxylic acids is 1. The van der Waals surface area contributed by atoms with Gasteiger partial charge in [0.15, 0.2) is 0 Å². The zero-order chi connectivity index (χ0) is 11.5. The molecule has 0 aromatic heterocycles. The zero-order valence-electron chi connectivity index (χ0n) is 9.84. The second-order valence-electron chi connectivity index (χ2n) is 5.02. The van der Waals surface area contributed by atoms with Crippen LogP contribution in [-0.2, 0) is 0 Å². The first-order valence-electron chi connectivity index (χ1n) is 5.66. The SMILES string of the molecule is CC(C)C(C)(O)CNC(=O)NCC1CC1. The highest BCUT2D eigenvalue weighted by atomic mass is 16.3. The lowest BCUT2D eigenvalue weighted by atomic mass is 9.93. The molecule has 0 radical (unpaired) electrons. The van der Waals surface area contributed by atoms with E-state index in [4.69, 9.17) is 0 Å². The van der Waals surface area contributed by atoms with E-state index in [0.717, 1.165) is 6.54 Å². The molecule has 15 heavy (non-hydrogen) atoms. The van der Waals surface area contributed by atoms with Gasteiger partial charge in [-0.15, -0.1) is 0 Å². The lowest BCUT2D eigenvalue weighted by Gasteiger charge is -2.27. The molecule has 1 aliphatic carbocycles. The van der Waals surface area contributed by atoms with Gasteiger partial charge in [0.2, 0.25) is 0 Å². The Kier molecular flexibility index (Phi) is 3.97. The third-order valence-electron chi connectivity index (χ3n) is 3.10. The van der Waals surface area contributed by atoms with Crippen LogP contribution in [-0.4, -0.2) is 29.8 Å². The summed E-state index contributed by atoms with van der Waals surface area (Å²) >= 11 is 0. The molecule has 1 saturated carbocycles. The van der Waals surface area contributed by atoms with E-state index < -0.39 is 5.60 Å². The average molecular weight is 214 g/mol. The van der Waals surface area contributed by atoms with Crippen LogP contribution in [0.25, 0.3) is 0 Å². The van der Waals surface area contributed by atoms with Crippen molar-refractivity contribution in [3.63, 3.8) is 0 Å². The summed E-state index contributed by atoms with van der Waals surface area (Å²) in [6, 6.07) is -0.178. The Morgan fingerprint density at radius 1 is 1.47 bits per heavy atom. The van der Waals surface area contributed by atoms with Crippen molar-refractivity contribution >= 4 is 6.03 Å². The molecule has 0 heterocycles. The van der Waals surface area contributed by atoms with Crippen LogP contribution in [0.2, 0.25) is 0 Å². The van der Waals surface area contributed by atoms with Crippen molar-refractivity contribution in [1.29, 1.82) is 0 Å². The van der Waals surface area contributed by atoms with E-state index in [1.165, 1.54) is 12.8 Å². The summed E-state index contributed by atoms with van der Waals surface area (Å²) in [7, 11) is 0. The lowest BCUT2D eigenvalue weighted by molar-refractivity contribution is 0.0166. The average Bonchev–Trinajstić information content (AvgIpc) is 2.94. The molecular formula is C11H22N2O2. The van der Waals surface area contributed by atoms with Gasteiger partial charge in [-0.2, -0.15) is 0 Å². The molecule has 1 fully saturated rings. The number of urea groups is 1. The first-order valence-corrected chi connectivity index (χ1v) is 5.66. The van der Waals surface area contributed by atoms with Gasteiger partial charge in [0.25, 0.3) is 0 Å². The van der Waals surface area contributed by atoms with Crippen molar-refractivity contribution in [2.75, 3.05) is 13.1 Å². The minimum absolute atomic E-state index is 0.126. The minimum Gasteiger partial charge on any atom is -0.388 e. The van der Waals surface area contributed by atoms with E-state index in [2.05, 4.69) is 10.6 Å². The molecule has 3 N–H and O–H groups in total. The topological polar surface area (TPSA) is 61.4 Å². The van der Waals surface area contributed by atoms with Crippen LogP contribution >= 0.6 is 0 Å². The fourth-order valence-corrected chi connectivity index (χ4v) is 1.08. The van der Waals surface area contributed by atoms with E-state index in [0.29, 0.717) is 12.5 Å². The normalized spacial score (nSPS) is 19.8. The molecule has 1 unspecified atom stereocenters. The molecule has 0 aromatic carbocycles. The van der Waals surface area contributed by atoms with Gasteiger partial charge in [0.1, 0.15) is 0 Å². The molecule has 0 bridgehead atoms. The number of hydrogen-bond donors (Lipinski definition) is 3. The summed E-state index contributed by atoms with van der Waals surface area (Å²) in [4.78, 5) is 11.3. The molecule has 0 aliphatic heterocycles. The van der Waals surface area contributed by atoms with Crippen molar-refractivity contribution in [3.8, 4) is 0 Å². The summed E-state index contributed by atoms with van der Waals surface area (Å²) in [5.41, 5.74) is -0.836. The van der Waals surface area contributed by atoms with Crippen LogP contribution < -0.4 is 10.6 Å². The third kappa shape index (κ3) is 4.51. The molecule has 1 rings (SSSR count). The van der Waals surface area contributed by atoms with Gasteiger partial charge in [-0.05, 0) is 31.6 Å². The Labute approximate surface area is 91.4 Å². The highest BCUT2D eigenvalue weighted by Gasteiger charge is 2.26. The molecule has 1 atom stereocenters. The van der Waals surface area contributed by atoms with Gasteiger partial charge in [0.05, 0.1) is 5.60 Å². The van der Waals surface area contributed by atoms with E-state index in [1.807, 2.05) is 13.8 Å². The number of nitrogens with one attached hydrogen (secondary N) is 2. The third-order valence-corrected chi connectivity index (χ3v) is 3.10. The van der Waals surface area contributed by atoms with Crippen molar-refractivity contribution in [1.82, 2.24) is 10.6 Å². The molecule has 4 heteroatoms. The van der Waals surface area contributed by atoms with Crippen molar-refractivity contribution < 1.29 is 9.90 Å². The Bertz CT molecular complexity index is 223. The maximum Gasteiger partial charge on any atom is 0.314 e. The van der Waals surface area contributed by atoms with Crippen LogP contribution in [0.5, 0.6) is 0 Å². The quantitative estimate of drug-likeness (QED) is 0.642. The fourth-order valence-electron chi connectivity index (χ4n) is 1.08. The number of carbonyl (C=O) groups is 1. The van der Waals surface area contributed by atoms with Crippen LogP contribution in [0.15, 0.2) is 0 Å². The van der Waals surface area contributed by atoms with E-state index in [1.54, 1.807) is 6.92 Å². The molecule has 88 valence electrons. The zero-order valence-corrected chi connectivity index (χ0v) is 9.84. The second-order valence-corrected chi connectivity index (χ2v) is 5.02. The predicted octanol–water partition coefficient (Wildman–Crippen LogP) is 1.10. The van der Waals surface area contributed by atoms with Crippen molar-refractivity contribution in [2.45, 2.75) is 39.2 Å². The molecule has 0 saturated heterocycles. The van der Waals surface area contributed by atoms with Gasteiger partial charge in [-0.25, -0.2) is 4.79 Å². The fraction of sp³-hybridized carbons (Fsp3) is 0.909. The van der Waals surface area contributed by atoms with Crippen LogP contribution in [0, 0.1) is 11.8 Å². The Morgan fingerprint density at radius 3 is 2.53 bits per heavy atom. The summed E-state index contributed by atoms with van der Waals surface area (Å²) in [5.74, 6) is 0.808. The predicted molar refractivity (Wildman–Crippen MR) is 59.6 cm³/mol. The van der Waals surface area contributed by atoms with E-state index >= 15 is 0 Å². The van der Waals surface area contributed by atoms with Gasteiger partial charge >= 0.3 is 6.03 Å². The summed E-state index contributed by atoms with van der Waals surface area (Å²) in [6.45, 7) is 6.66. The maximum atomic E-state index is 11.3. The van der Waals surface area contributed by atoms with Crippen LogP contribution in [0.3, 0.4) is 0 Å². The van der Waals surface area contributed by atoms with Gasteiger partial charge in [-0.3, -0.25) is 0 Å². The van der Waals surface area contributed by atoms with E-state index in [-0.39, 0.29) is 11.9 Å². The Morgan fingerprint density at radius 2 is 2.07 bits per heavy atom. The number of amides is 2. The highest BCUT2D eigenvalue weighted by molar-refractivity contribution is 5.73. The van der Waals surface area contributed by atoms with Crippen LogP contribution in [0.4, 0.5) is 4.79 Å². The molecule has 2 amide bonds. The summed E-state index contributed by atoms with van der Waals surface area (Å²) < 4.78 is 0. The largest absolute Gasteiger partial charge is 0.388 e. The van der Waals surface area contributed by atoms with E-state index in [9.17, 15) is 9.90 Å². The Hall–Kier alpha value is -0.770. The lowest BCUT2D eigenvalue weighted by Crippen LogP contribution is -2.47. The molecule has 4 nitrogen and oxygen atoms in total. The van der Waals surface area contributed by atoms with Crippen molar-refractivity contribution in [2.24, 2.45) is 11.8 Å². The summed E-state index contributed by atoms with van der Waals surface area (Å²) in [6.07, 6.45) is 2.45. The highest BCUT2D eigenvalue weighted by Crippen LogP contribution is 2.27. The number of rotatable bonds is 5. The first kappa shape index (κ1) is 12.3. The van der Waals surface area contributed by atoms with Crippen LogP contribution in [0.1, 0.15) is 33.6 Å². The second kappa shape index (κ2) is 4.84. The van der Waals surface area contributed by atoms with Gasteiger partial charge in [-0.1, -0.05) is 13.8 Å². The minimum atomic E-state index is -0.836. The van der Waals surface area contributed by atoms with Crippen molar-refractivity contribution in [3.05, 3.63) is 0 Å². The molecule has 0 aromatic rings. The Balaban J connectivity index is 2.14. The number of aliphatic hydroxyl groups is 1. The monoisotopic (exact) mass is 214 g/mol. The maximum absolute atomic E-state index is 11.3. The standard InChI is InChI=1S/C11H22N2O2/c1-8(2)11(3,15)7-13-10(14)12-6-9-4-5-9/h8-9,15H,4-7H2,1-3H3,(H2,12,13,14). The van der Waals surface area contributed by atoms with Gasteiger partial charge < -0.3 is 15.7 Å². The molecular weight excluding hydrogens is 192 g/mol.